The van der Waals surface area contributed by atoms with E-state index in [4.69, 9.17) is 0 Å². The maximum absolute atomic E-state index is 2.42. The van der Waals surface area contributed by atoms with Crippen LogP contribution < -0.4 is 4.90 Å². The number of rotatable bonds is 5. The summed E-state index contributed by atoms with van der Waals surface area (Å²) in [5.41, 5.74) is 2.90. The first-order valence-corrected chi connectivity index (χ1v) is 5.66. The topological polar surface area (TPSA) is 3.24 Å². The van der Waals surface area contributed by atoms with Crippen molar-refractivity contribution in [1.82, 2.24) is 0 Å². The lowest BCUT2D eigenvalue weighted by Gasteiger charge is -2.23. The lowest BCUT2D eigenvalue weighted by molar-refractivity contribution is 0.841. The summed E-state index contributed by atoms with van der Waals surface area (Å²) in [6.07, 6.45) is 2.41. The molecule has 0 saturated carbocycles. The summed E-state index contributed by atoms with van der Waals surface area (Å²) in [6.45, 7) is 8.85. The highest BCUT2D eigenvalue weighted by molar-refractivity contribution is 5.53. The molecule has 0 aliphatic rings. The van der Waals surface area contributed by atoms with Crippen molar-refractivity contribution in [3.63, 3.8) is 0 Å². The van der Waals surface area contributed by atoms with Crippen molar-refractivity contribution in [3.05, 3.63) is 29.8 Å². The van der Waals surface area contributed by atoms with Gasteiger partial charge in [-0.1, -0.05) is 31.5 Å². The van der Waals surface area contributed by atoms with Crippen molar-refractivity contribution in [3.8, 4) is 0 Å². The van der Waals surface area contributed by atoms with Crippen LogP contribution in [0.4, 0.5) is 5.69 Å². The van der Waals surface area contributed by atoms with Gasteiger partial charge in [-0.25, -0.2) is 0 Å². The van der Waals surface area contributed by atoms with Crippen LogP contribution >= 0.6 is 0 Å². The third-order valence-corrected chi connectivity index (χ3v) is 2.62. The molecule has 1 aromatic rings. The van der Waals surface area contributed by atoms with Crippen molar-refractivity contribution in [1.29, 1.82) is 0 Å². The summed E-state index contributed by atoms with van der Waals surface area (Å²) in [5.74, 6) is 0. The number of aryl methyl sites for hydroxylation is 1. The van der Waals surface area contributed by atoms with E-state index in [9.17, 15) is 0 Å². The number of para-hydroxylation sites is 1. The molecule has 1 heteroatoms. The Balaban J connectivity index is 2.92. The second-order valence-electron chi connectivity index (χ2n) is 3.55. The summed E-state index contributed by atoms with van der Waals surface area (Å²) in [7, 11) is 0. The molecule has 0 spiro atoms. The van der Waals surface area contributed by atoms with Crippen molar-refractivity contribution < 1.29 is 0 Å². The third kappa shape index (κ3) is 2.50. The zero-order chi connectivity index (χ0) is 10.4. The molecule has 0 atom stereocenters. The molecule has 1 nitrogen and oxygen atoms in total. The van der Waals surface area contributed by atoms with Gasteiger partial charge < -0.3 is 4.90 Å². The number of hydrogen-bond donors (Lipinski definition) is 0. The fourth-order valence-electron chi connectivity index (χ4n) is 1.86. The van der Waals surface area contributed by atoms with Gasteiger partial charge >= 0.3 is 0 Å². The average molecular weight is 191 g/mol. The van der Waals surface area contributed by atoms with Gasteiger partial charge in [0.15, 0.2) is 0 Å². The van der Waals surface area contributed by atoms with Gasteiger partial charge in [-0.2, -0.15) is 0 Å². The smallest absolute Gasteiger partial charge is 0.0398 e. The van der Waals surface area contributed by atoms with Gasteiger partial charge in [-0.3, -0.25) is 0 Å². The highest BCUT2D eigenvalue weighted by atomic mass is 15.1. The fourth-order valence-corrected chi connectivity index (χ4v) is 1.86. The maximum atomic E-state index is 2.42. The van der Waals surface area contributed by atoms with Gasteiger partial charge in [0.25, 0.3) is 0 Å². The Morgan fingerprint density at radius 3 is 2.21 bits per heavy atom. The van der Waals surface area contributed by atoms with Gasteiger partial charge in [0.1, 0.15) is 0 Å². The molecule has 0 amide bonds. The standard InChI is InChI=1S/C13H21N/c1-4-9-12-10-7-8-11-13(12)14(5-2)6-3/h7-8,10-11H,4-6,9H2,1-3H3. The Morgan fingerprint density at radius 2 is 1.64 bits per heavy atom. The van der Waals surface area contributed by atoms with E-state index in [0.29, 0.717) is 0 Å². The van der Waals surface area contributed by atoms with E-state index < -0.39 is 0 Å². The molecule has 0 radical (unpaired) electrons. The molecule has 0 saturated heterocycles. The number of hydrogen-bond acceptors (Lipinski definition) is 1. The highest BCUT2D eigenvalue weighted by Gasteiger charge is 2.05. The van der Waals surface area contributed by atoms with E-state index in [2.05, 4.69) is 49.9 Å². The van der Waals surface area contributed by atoms with Crippen LogP contribution in [0.25, 0.3) is 0 Å². The van der Waals surface area contributed by atoms with Crippen LogP contribution in [0.2, 0.25) is 0 Å². The van der Waals surface area contributed by atoms with Crippen LogP contribution in [0.5, 0.6) is 0 Å². The predicted molar refractivity (Wildman–Crippen MR) is 64.0 cm³/mol. The fraction of sp³-hybridized carbons (Fsp3) is 0.538. The minimum atomic E-state index is 1.09. The number of nitrogens with zero attached hydrogens (tertiary/aromatic N) is 1. The second-order valence-corrected chi connectivity index (χ2v) is 3.55. The summed E-state index contributed by atoms with van der Waals surface area (Å²) < 4.78 is 0. The minimum Gasteiger partial charge on any atom is -0.372 e. The summed E-state index contributed by atoms with van der Waals surface area (Å²) in [6, 6.07) is 8.75. The van der Waals surface area contributed by atoms with Gasteiger partial charge in [-0.15, -0.1) is 0 Å². The molecule has 0 fully saturated rings. The molecule has 0 N–H and O–H groups in total. The number of benzene rings is 1. The van der Waals surface area contributed by atoms with Crippen molar-refractivity contribution in [2.24, 2.45) is 0 Å². The van der Waals surface area contributed by atoms with Crippen LogP contribution in [0.1, 0.15) is 32.8 Å². The summed E-state index contributed by atoms with van der Waals surface area (Å²) in [5, 5.41) is 0. The zero-order valence-corrected chi connectivity index (χ0v) is 9.59. The first-order valence-electron chi connectivity index (χ1n) is 5.66. The van der Waals surface area contributed by atoms with E-state index in [1.165, 1.54) is 24.1 Å². The van der Waals surface area contributed by atoms with Crippen LogP contribution in [0.15, 0.2) is 24.3 Å². The van der Waals surface area contributed by atoms with E-state index >= 15 is 0 Å². The van der Waals surface area contributed by atoms with Crippen molar-refractivity contribution >= 4 is 5.69 Å². The molecular formula is C13H21N. The van der Waals surface area contributed by atoms with Gasteiger partial charge in [0.2, 0.25) is 0 Å². The first kappa shape index (κ1) is 11.1. The normalized spacial score (nSPS) is 10.2. The number of anilines is 1. The molecule has 0 aliphatic carbocycles. The maximum Gasteiger partial charge on any atom is 0.0398 e. The van der Waals surface area contributed by atoms with Crippen LogP contribution in [-0.4, -0.2) is 13.1 Å². The van der Waals surface area contributed by atoms with Gasteiger partial charge in [0, 0.05) is 18.8 Å². The highest BCUT2D eigenvalue weighted by Crippen LogP contribution is 2.21. The Hall–Kier alpha value is -0.980. The van der Waals surface area contributed by atoms with Crippen LogP contribution in [0.3, 0.4) is 0 Å². The summed E-state index contributed by atoms with van der Waals surface area (Å²) in [4.78, 5) is 2.42. The molecule has 1 aromatic carbocycles. The first-order chi connectivity index (χ1) is 6.83. The molecule has 78 valence electrons. The van der Waals surface area contributed by atoms with Crippen molar-refractivity contribution in [2.45, 2.75) is 33.6 Å². The SMILES string of the molecule is CCCc1ccccc1N(CC)CC. The van der Waals surface area contributed by atoms with E-state index in [-0.39, 0.29) is 0 Å². The second kappa shape index (κ2) is 5.69. The molecule has 1 rings (SSSR count). The molecule has 14 heavy (non-hydrogen) atoms. The third-order valence-electron chi connectivity index (χ3n) is 2.62. The Kier molecular flexibility index (Phi) is 4.51. The largest absolute Gasteiger partial charge is 0.372 e. The Morgan fingerprint density at radius 1 is 1.00 bits per heavy atom. The molecular weight excluding hydrogens is 170 g/mol. The Labute approximate surface area is 87.7 Å². The van der Waals surface area contributed by atoms with Gasteiger partial charge in [0.05, 0.1) is 0 Å². The molecule has 0 heterocycles. The lowest BCUT2D eigenvalue weighted by Crippen LogP contribution is -2.23. The average Bonchev–Trinajstić information content (AvgIpc) is 2.23. The van der Waals surface area contributed by atoms with Crippen LogP contribution in [-0.2, 0) is 6.42 Å². The van der Waals surface area contributed by atoms with E-state index in [1.54, 1.807) is 0 Å². The van der Waals surface area contributed by atoms with Crippen molar-refractivity contribution in [2.75, 3.05) is 18.0 Å². The Bertz CT molecular complexity index is 264. The lowest BCUT2D eigenvalue weighted by atomic mass is 10.1. The molecule has 0 aliphatic heterocycles. The van der Waals surface area contributed by atoms with Crippen LogP contribution in [0, 0.1) is 0 Å². The zero-order valence-electron chi connectivity index (χ0n) is 9.59. The minimum absolute atomic E-state index is 1.09. The molecule has 0 bridgehead atoms. The summed E-state index contributed by atoms with van der Waals surface area (Å²) >= 11 is 0. The monoisotopic (exact) mass is 191 g/mol. The van der Waals surface area contributed by atoms with E-state index in [1.807, 2.05) is 0 Å². The molecule has 0 unspecified atom stereocenters. The predicted octanol–water partition coefficient (Wildman–Crippen LogP) is 3.49. The van der Waals surface area contributed by atoms with E-state index in [0.717, 1.165) is 13.1 Å². The van der Waals surface area contributed by atoms with Gasteiger partial charge in [-0.05, 0) is 31.9 Å². The quantitative estimate of drug-likeness (QED) is 0.688. The molecule has 0 aromatic heterocycles.